The quantitative estimate of drug-likeness (QED) is 0.870. The van der Waals surface area contributed by atoms with Crippen LogP contribution >= 0.6 is 22.9 Å². The number of rotatable bonds is 5. The van der Waals surface area contributed by atoms with Crippen LogP contribution in [0.4, 0.5) is 0 Å². The first-order chi connectivity index (χ1) is 7.04. The normalized spacial score (nSPS) is 13.1. The van der Waals surface area contributed by atoms with Gasteiger partial charge in [-0.25, -0.2) is 0 Å². The van der Waals surface area contributed by atoms with E-state index in [0.29, 0.717) is 6.54 Å². The molecule has 0 spiro atoms. The van der Waals surface area contributed by atoms with Crippen molar-refractivity contribution in [1.82, 2.24) is 4.90 Å². The number of hydrogen-bond donors (Lipinski definition) is 1. The second kappa shape index (κ2) is 5.49. The molecule has 0 bridgehead atoms. The highest BCUT2D eigenvalue weighted by Gasteiger charge is 2.18. The van der Waals surface area contributed by atoms with Crippen molar-refractivity contribution in [3.05, 3.63) is 21.3 Å². The molecule has 1 unspecified atom stereocenters. The van der Waals surface area contributed by atoms with Crippen LogP contribution in [0.3, 0.4) is 0 Å². The molecule has 5 heteroatoms. The molecule has 0 aliphatic heterocycles. The molecule has 0 aliphatic rings. The molecule has 0 amide bonds. The second-order valence-electron chi connectivity index (χ2n) is 3.27. The minimum absolute atomic E-state index is 0.0627. The van der Waals surface area contributed by atoms with Crippen molar-refractivity contribution in [2.75, 3.05) is 13.1 Å². The zero-order valence-corrected chi connectivity index (χ0v) is 10.3. The van der Waals surface area contributed by atoms with Crippen molar-refractivity contribution in [2.45, 2.75) is 19.9 Å². The average molecular weight is 248 g/mol. The number of carboxylic acid groups (broad SMARTS) is 1. The van der Waals surface area contributed by atoms with E-state index in [9.17, 15) is 4.79 Å². The number of carbonyl (C=O) groups is 1. The average Bonchev–Trinajstić information content (AvgIpc) is 2.60. The topological polar surface area (TPSA) is 40.5 Å². The fourth-order valence-corrected chi connectivity index (χ4v) is 2.58. The van der Waals surface area contributed by atoms with Crippen LogP contribution in [0.25, 0.3) is 0 Å². The third kappa shape index (κ3) is 3.48. The van der Waals surface area contributed by atoms with Gasteiger partial charge in [-0.2, -0.15) is 0 Å². The lowest BCUT2D eigenvalue weighted by Gasteiger charge is -2.24. The van der Waals surface area contributed by atoms with Gasteiger partial charge in [0.1, 0.15) is 0 Å². The molecular formula is C10H14ClNO2S. The van der Waals surface area contributed by atoms with Crippen molar-refractivity contribution in [3.8, 4) is 0 Å². The fourth-order valence-electron chi connectivity index (χ4n) is 1.43. The predicted octanol–water partition coefficient (Wildman–Crippen LogP) is 2.87. The second-order valence-corrected chi connectivity index (χ2v) is 5.02. The van der Waals surface area contributed by atoms with Gasteiger partial charge in [0.15, 0.2) is 0 Å². The molecule has 1 aromatic rings. The molecule has 0 aromatic carbocycles. The number of carboxylic acids is 1. The predicted molar refractivity (Wildman–Crippen MR) is 62.6 cm³/mol. The Hall–Kier alpha value is -0.580. The monoisotopic (exact) mass is 247 g/mol. The standard InChI is InChI=1S/C10H14ClNO2S/c1-3-12(6-10(13)14)7(2)8-4-5-9(11)15-8/h4-5,7H,3,6H2,1-2H3,(H,13,14). The Labute approximate surface area is 98.3 Å². The first kappa shape index (κ1) is 12.5. The molecule has 1 aromatic heterocycles. The first-order valence-electron chi connectivity index (χ1n) is 4.75. The van der Waals surface area contributed by atoms with Crippen LogP contribution in [0.15, 0.2) is 12.1 Å². The van der Waals surface area contributed by atoms with E-state index in [0.717, 1.165) is 9.21 Å². The molecule has 1 N–H and O–H groups in total. The van der Waals surface area contributed by atoms with Crippen LogP contribution in [0.2, 0.25) is 4.34 Å². The summed E-state index contributed by atoms with van der Waals surface area (Å²) in [6.07, 6.45) is 0. The van der Waals surface area contributed by atoms with Gasteiger partial charge in [-0.1, -0.05) is 18.5 Å². The third-order valence-electron chi connectivity index (χ3n) is 2.30. The van der Waals surface area contributed by atoms with Crippen LogP contribution in [0, 0.1) is 0 Å². The summed E-state index contributed by atoms with van der Waals surface area (Å²) in [6.45, 7) is 4.72. The van der Waals surface area contributed by atoms with Gasteiger partial charge >= 0.3 is 5.97 Å². The highest BCUT2D eigenvalue weighted by Crippen LogP contribution is 2.29. The fraction of sp³-hybridized carbons (Fsp3) is 0.500. The van der Waals surface area contributed by atoms with Gasteiger partial charge < -0.3 is 5.11 Å². The van der Waals surface area contributed by atoms with Crippen LogP contribution < -0.4 is 0 Å². The van der Waals surface area contributed by atoms with Crippen LogP contribution in [-0.2, 0) is 4.79 Å². The molecule has 3 nitrogen and oxygen atoms in total. The lowest BCUT2D eigenvalue weighted by Crippen LogP contribution is -2.31. The van der Waals surface area contributed by atoms with Gasteiger partial charge in [-0.05, 0) is 25.6 Å². The van der Waals surface area contributed by atoms with Gasteiger partial charge in [0.05, 0.1) is 10.9 Å². The molecule has 1 rings (SSSR count). The lowest BCUT2D eigenvalue weighted by molar-refractivity contribution is -0.138. The Morgan fingerprint density at radius 3 is 2.73 bits per heavy atom. The van der Waals surface area contributed by atoms with Gasteiger partial charge in [0, 0.05) is 10.9 Å². The number of hydrogen-bond acceptors (Lipinski definition) is 3. The van der Waals surface area contributed by atoms with Gasteiger partial charge in [-0.15, -0.1) is 11.3 Å². The number of thiophene rings is 1. The van der Waals surface area contributed by atoms with E-state index in [1.807, 2.05) is 30.9 Å². The molecule has 15 heavy (non-hydrogen) atoms. The van der Waals surface area contributed by atoms with E-state index in [-0.39, 0.29) is 12.6 Å². The molecule has 0 aliphatic carbocycles. The highest BCUT2D eigenvalue weighted by molar-refractivity contribution is 7.16. The summed E-state index contributed by atoms with van der Waals surface area (Å²) in [5.74, 6) is -0.800. The Morgan fingerprint density at radius 1 is 1.67 bits per heavy atom. The van der Waals surface area contributed by atoms with E-state index in [4.69, 9.17) is 16.7 Å². The maximum atomic E-state index is 10.6. The van der Waals surface area contributed by atoms with Crippen molar-refractivity contribution < 1.29 is 9.90 Å². The molecule has 0 saturated heterocycles. The van der Waals surface area contributed by atoms with Crippen LogP contribution in [0.1, 0.15) is 24.8 Å². The zero-order chi connectivity index (χ0) is 11.4. The van der Waals surface area contributed by atoms with E-state index in [1.165, 1.54) is 11.3 Å². The smallest absolute Gasteiger partial charge is 0.317 e. The van der Waals surface area contributed by atoms with Crippen LogP contribution in [0.5, 0.6) is 0 Å². The Bertz CT molecular complexity index is 340. The summed E-state index contributed by atoms with van der Waals surface area (Å²) in [5.41, 5.74) is 0. The summed E-state index contributed by atoms with van der Waals surface area (Å²) in [4.78, 5) is 13.6. The van der Waals surface area contributed by atoms with E-state index in [2.05, 4.69) is 0 Å². The van der Waals surface area contributed by atoms with Crippen molar-refractivity contribution in [1.29, 1.82) is 0 Å². The molecule has 0 radical (unpaired) electrons. The number of halogens is 1. The summed E-state index contributed by atoms with van der Waals surface area (Å²) in [5, 5.41) is 8.75. The molecule has 0 saturated carbocycles. The molecular weight excluding hydrogens is 234 g/mol. The van der Waals surface area contributed by atoms with Gasteiger partial charge in [0.25, 0.3) is 0 Å². The summed E-state index contributed by atoms with van der Waals surface area (Å²) in [6, 6.07) is 3.89. The van der Waals surface area contributed by atoms with E-state index >= 15 is 0 Å². The maximum Gasteiger partial charge on any atom is 0.317 e. The van der Waals surface area contributed by atoms with Crippen LogP contribution in [-0.4, -0.2) is 29.1 Å². The highest BCUT2D eigenvalue weighted by atomic mass is 35.5. The lowest BCUT2D eigenvalue weighted by atomic mass is 10.2. The van der Waals surface area contributed by atoms with Gasteiger partial charge in [0.2, 0.25) is 0 Å². The van der Waals surface area contributed by atoms with E-state index in [1.54, 1.807) is 0 Å². The van der Waals surface area contributed by atoms with Crippen molar-refractivity contribution in [2.24, 2.45) is 0 Å². The summed E-state index contributed by atoms with van der Waals surface area (Å²) >= 11 is 7.34. The minimum atomic E-state index is -0.800. The molecule has 84 valence electrons. The third-order valence-corrected chi connectivity index (χ3v) is 3.70. The SMILES string of the molecule is CCN(CC(=O)O)C(C)c1ccc(Cl)s1. The number of likely N-dealkylation sites (N-methyl/N-ethyl adjacent to an activating group) is 1. The van der Waals surface area contributed by atoms with Gasteiger partial charge in [-0.3, -0.25) is 9.69 Å². The number of aliphatic carboxylic acids is 1. The minimum Gasteiger partial charge on any atom is -0.480 e. The first-order valence-corrected chi connectivity index (χ1v) is 5.95. The summed E-state index contributed by atoms with van der Waals surface area (Å²) < 4.78 is 0.739. The Kier molecular flexibility index (Phi) is 4.57. The molecule has 0 fully saturated rings. The van der Waals surface area contributed by atoms with Crippen molar-refractivity contribution in [3.63, 3.8) is 0 Å². The maximum absolute atomic E-state index is 10.6. The molecule has 1 atom stereocenters. The summed E-state index contributed by atoms with van der Waals surface area (Å²) in [7, 11) is 0. The largest absolute Gasteiger partial charge is 0.480 e. The Balaban J connectivity index is 2.72. The van der Waals surface area contributed by atoms with E-state index < -0.39 is 5.97 Å². The Morgan fingerprint density at radius 2 is 2.33 bits per heavy atom. The number of nitrogens with zero attached hydrogens (tertiary/aromatic N) is 1. The van der Waals surface area contributed by atoms with Crippen molar-refractivity contribution >= 4 is 28.9 Å². The molecule has 1 heterocycles. The zero-order valence-electron chi connectivity index (χ0n) is 8.74.